The summed E-state index contributed by atoms with van der Waals surface area (Å²) in [5, 5.41) is 0. The van der Waals surface area contributed by atoms with Gasteiger partial charge in [-0.15, -0.1) is 0 Å². The molecule has 6 heteroatoms. The van der Waals surface area contributed by atoms with Crippen molar-refractivity contribution in [2.75, 3.05) is 0 Å². The minimum Gasteiger partial charge on any atom is -0.426 e. The lowest BCUT2D eigenvalue weighted by Gasteiger charge is -2.16. The molecule has 0 atom stereocenters. The fourth-order valence-corrected chi connectivity index (χ4v) is 1.99. The monoisotopic (exact) mass is 374 g/mol. The van der Waals surface area contributed by atoms with E-state index < -0.39 is 29.0 Å². The molecule has 0 spiro atoms. The van der Waals surface area contributed by atoms with Crippen LogP contribution in [0.4, 0.5) is 8.78 Å². The quantitative estimate of drug-likeness (QED) is 0.426. The first kappa shape index (κ1) is 20.3. The molecule has 0 N–H and O–H groups in total. The molecule has 0 amide bonds. The lowest BCUT2D eigenvalue weighted by Crippen LogP contribution is -2.25. The summed E-state index contributed by atoms with van der Waals surface area (Å²) in [7, 11) is 0. The Hall–Kier alpha value is -3.02. The van der Waals surface area contributed by atoms with E-state index in [1.54, 1.807) is 20.8 Å². The Morgan fingerprint density at radius 3 is 2.15 bits per heavy atom. The fourth-order valence-electron chi connectivity index (χ4n) is 1.99. The van der Waals surface area contributed by atoms with Crippen LogP contribution in [0.2, 0.25) is 0 Å². The van der Waals surface area contributed by atoms with Crippen molar-refractivity contribution >= 4 is 11.9 Å². The van der Waals surface area contributed by atoms with Crippen molar-refractivity contribution < 1.29 is 27.8 Å². The normalized spacial score (nSPS) is 11.0. The second-order valence-corrected chi connectivity index (χ2v) is 7.10. The Morgan fingerprint density at radius 2 is 1.63 bits per heavy atom. The standard InChI is InChI=1S/C21H20F2O4/c1-12(2)19(24)27-18-9-6-13(10-17(18)23)15-8-7-14(11-16(15)22)26-20(25)21(3,4)5/h6-11H,1H2,2-5H3. The molecule has 0 saturated heterocycles. The molecule has 0 saturated carbocycles. The van der Waals surface area contributed by atoms with E-state index in [2.05, 4.69) is 6.58 Å². The second kappa shape index (κ2) is 7.70. The van der Waals surface area contributed by atoms with Gasteiger partial charge >= 0.3 is 11.9 Å². The zero-order valence-electron chi connectivity index (χ0n) is 15.6. The van der Waals surface area contributed by atoms with Crippen LogP contribution in [0.15, 0.2) is 48.6 Å². The Morgan fingerprint density at radius 1 is 0.963 bits per heavy atom. The highest BCUT2D eigenvalue weighted by atomic mass is 19.1. The average Bonchev–Trinajstić information content (AvgIpc) is 2.55. The summed E-state index contributed by atoms with van der Waals surface area (Å²) in [6, 6.07) is 7.58. The maximum absolute atomic E-state index is 14.4. The molecule has 2 aromatic carbocycles. The van der Waals surface area contributed by atoms with Gasteiger partial charge in [-0.2, -0.15) is 0 Å². The lowest BCUT2D eigenvalue weighted by atomic mass is 9.97. The highest BCUT2D eigenvalue weighted by Crippen LogP contribution is 2.30. The first-order valence-corrected chi connectivity index (χ1v) is 8.18. The molecule has 4 nitrogen and oxygen atoms in total. The Labute approximate surface area is 156 Å². The van der Waals surface area contributed by atoms with Gasteiger partial charge < -0.3 is 9.47 Å². The highest BCUT2D eigenvalue weighted by Gasteiger charge is 2.24. The summed E-state index contributed by atoms with van der Waals surface area (Å²) >= 11 is 0. The zero-order chi connectivity index (χ0) is 20.4. The molecule has 27 heavy (non-hydrogen) atoms. The minimum atomic E-state index is -0.815. The van der Waals surface area contributed by atoms with Crippen LogP contribution in [-0.4, -0.2) is 11.9 Å². The summed E-state index contributed by atoms with van der Waals surface area (Å²) in [5.74, 6) is -2.96. The van der Waals surface area contributed by atoms with Crippen LogP contribution in [0.5, 0.6) is 11.5 Å². The molecule has 0 aliphatic carbocycles. The van der Waals surface area contributed by atoms with Crippen LogP contribution >= 0.6 is 0 Å². The van der Waals surface area contributed by atoms with Crippen LogP contribution < -0.4 is 9.47 Å². The van der Waals surface area contributed by atoms with Gasteiger partial charge in [0.15, 0.2) is 11.6 Å². The number of hydrogen-bond donors (Lipinski definition) is 0. The largest absolute Gasteiger partial charge is 0.426 e. The van der Waals surface area contributed by atoms with Crippen LogP contribution in [0, 0.1) is 17.0 Å². The van der Waals surface area contributed by atoms with E-state index in [1.165, 1.54) is 31.2 Å². The fraction of sp³-hybridized carbons (Fsp3) is 0.238. The maximum atomic E-state index is 14.4. The molecule has 0 radical (unpaired) electrons. The van der Waals surface area contributed by atoms with Crippen molar-refractivity contribution in [2.45, 2.75) is 27.7 Å². The van der Waals surface area contributed by atoms with E-state index in [0.717, 1.165) is 12.1 Å². The van der Waals surface area contributed by atoms with Gasteiger partial charge in [0.2, 0.25) is 0 Å². The van der Waals surface area contributed by atoms with Crippen LogP contribution in [0.3, 0.4) is 0 Å². The van der Waals surface area contributed by atoms with Gasteiger partial charge in [0.1, 0.15) is 11.6 Å². The third-order valence-electron chi connectivity index (χ3n) is 3.56. The minimum absolute atomic E-state index is 0.0589. The molecule has 0 bridgehead atoms. The van der Waals surface area contributed by atoms with Crippen LogP contribution in [0.1, 0.15) is 27.7 Å². The Bertz CT molecular complexity index is 911. The second-order valence-electron chi connectivity index (χ2n) is 7.10. The van der Waals surface area contributed by atoms with Crippen molar-refractivity contribution in [1.29, 1.82) is 0 Å². The van der Waals surface area contributed by atoms with Gasteiger partial charge in [-0.05, 0) is 57.5 Å². The van der Waals surface area contributed by atoms with Crippen molar-refractivity contribution in [1.82, 2.24) is 0 Å². The summed E-state index contributed by atoms with van der Waals surface area (Å²) < 4.78 is 38.6. The number of ether oxygens (including phenoxy) is 2. The maximum Gasteiger partial charge on any atom is 0.338 e. The van der Waals surface area contributed by atoms with E-state index in [9.17, 15) is 18.4 Å². The topological polar surface area (TPSA) is 52.6 Å². The average molecular weight is 374 g/mol. The zero-order valence-corrected chi connectivity index (χ0v) is 15.6. The van der Waals surface area contributed by atoms with Crippen molar-refractivity contribution in [3.8, 4) is 22.6 Å². The summed E-state index contributed by atoms with van der Waals surface area (Å²) in [4.78, 5) is 23.4. The Balaban J connectivity index is 2.26. The molecule has 0 heterocycles. The van der Waals surface area contributed by atoms with Crippen molar-refractivity contribution in [3.05, 3.63) is 60.2 Å². The molecule has 0 aromatic heterocycles. The molecule has 0 unspecified atom stereocenters. The van der Waals surface area contributed by atoms with E-state index in [0.29, 0.717) is 0 Å². The number of carbonyl (C=O) groups is 2. The predicted molar refractivity (Wildman–Crippen MR) is 97.3 cm³/mol. The number of hydrogen-bond acceptors (Lipinski definition) is 4. The molecule has 2 rings (SSSR count). The van der Waals surface area contributed by atoms with Gasteiger partial charge in [0, 0.05) is 17.2 Å². The summed E-state index contributed by atoms with van der Waals surface area (Å²) in [6.45, 7) is 9.92. The van der Waals surface area contributed by atoms with Crippen LogP contribution in [0.25, 0.3) is 11.1 Å². The van der Waals surface area contributed by atoms with Crippen LogP contribution in [-0.2, 0) is 9.59 Å². The van der Waals surface area contributed by atoms with Gasteiger partial charge in [-0.3, -0.25) is 4.79 Å². The van der Waals surface area contributed by atoms with Gasteiger partial charge in [0.25, 0.3) is 0 Å². The molecular weight excluding hydrogens is 354 g/mol. The third kappa shape index (κ3) is 5.00. The molecule has 2 aromatic rings. The molecule has 0 aliphatic rings. The number of esters is 2. The van der Waals surface area contributed by atoms with E-state index in [1.807, 2.05) is 0 Å². The molecule has 0 aliphatic heterocycles. The van der Waals surface area contributed by atoms with Gasteiger partial charge in [-0.1, -0.05) is 12.6 Å². The molecule has 142 valence electrons. The first-order chi connectivity index (χ1) is 12.5. The van der Waals surface area contributed by atoms with Gasteiger partial charge in [0.05, 0.1) is 5.41 Å². The smallest absolute Gasteiger partial charge is 0.338 e. The highest BCUT2D eigenvalue weighted by molar-refractivity contribution is 5.88. The number of carbonyl (C=O) groups excluding carboxylic acids is 2. The summed E-state index contributed by atoms with van der Waals surface area (Å²) in [5.41, 5.74) is -0.240. The van der Waals surface area contributed by atoms with E-state index in [-0.39, 0.29) is 28.2 Å². The van der Waals surface area contributed by atoms with Crippen molar-refractivity contribution in [2.24, 2.45) is 5.41 Å². The third-order valence-corrected chi connectivity index (χ3v) is 3.56. The Kier molecular flexibility index (Phi) is 5.78. The molecule has 0 fully saturated rings. The SMILES string of the molecule is C=C(C)C(=O)Oc1ccc(-c2ccc(OC(=O)C(C)(C)C)cc2F)cc1F. The summed E-state index contributed by atoms with van der Waals surface area (Å²) in [6.07, 6.45) is 0. The predicted octanol–water partition coefficient (Wildman–Crippen LogP) is 5.06. The van der Waals surface area contributed by atoms with E-state index >= 15 is 0 Å². The van der Waals surface area contributed by atoms with Gasteiger partial charge in [-0.25, -0.2) is 13.6 Å². The lowest BCUT2D eigenvalue weighted by molar-refractivity contribution is -0.143. The van der Waals surface area contributed by atoms with Crippen molar-refractivity contribution in [3.63, 3.8) is 0 Å². The number of halogens is 2. The number of benzene rings is 2. The van der Waals surface area contributed by atoms with E-state index in [4.69, 9.17) is 9.47 Å². The number of rotatable bonds is 4. The molecular formula is C21H20F2O4. The first-order valence-electron chi connectivity index (χ1n) is 8.18.